The average Bonchev–Trinajstić information content (AvgIpc) is 2.34. The van der Waals surface area contributed by atoms with Crippen LogP contribution in [0, 0.1) is 0 Å². The number of nitrogens with one attached hydrogen (secondary N) is 1. The van der Waals surface area contributed by atoms with E-state index in [0.717, 1.165) is 6.07 Å². The quantitative estimate of drug-likeness (QED) is 0.789. The summed E-state index contributed by atoms with van der Waals surface area (Å²) >= 11 is 4.83. The second-order valence-corrected chi connectivity index (χ2v) is 5.44. The van der Waals surface area contributed by atoms with Crippen LogP contribution in [0.1, 0.15) is 32.0 Å². The molecule has 0 saturated heterocycles. The third-order valence-electron chi connectivity index (χ3n) is 2.67. The Bertz CT molecular complexity index is 518. The Kier molecular flexibility index (Phi) is 5.52. The van der Waals surface area contributed by atoms with Crippen LogP contribution in [-0.4, -0.2) is 28.7 Å². The highest BCUT2D eigenvalue weighted by atomic mass is 32.1. The third-order valence-corrected chi connectivity index (χ3v) is 2.89. The fourth-order valence-corrected chi connectivity index (χ4v) is 1.85. The molecule has 0 aromatic carbocycles. The van der Waals surface area contributed by atoms with Crippen molar-refractivity contribution in [1.82, 2.24) is 4.98 Å². The Hall–Kier alpha value is -1.41. The molecular formula is C13H18F3N3OS. The Balaban J connectivity index is 3.05. The maximum atomic E-state index is 12.7. The molecular weight excluding hydrogens is 303 g/mol. The van der Waals surface area contributed by atoms with Crippen molar-refractivity contribution < 1.29 is 17.9 Å². The topological polar surface area (TPSA) is 60.2 Å². The number of thiocarbonyl (C=S) groups is 1. The lowest BCUT2D eigenvalue weighted by Crippen LogP contribution is -2.34. The van der Waals surface area contributed by atoms with Crippen LogP contribution in [0.15, 0.2) is 12.1 Å². The van der Waals surface area contributed by atoms with Crippen LogP contribution >= 0.6 is 12.2 Å². The van der Waals surface area contributed by atoms with Crippen LogP contribution in [0.4, 0.5) is 19.0 Å². The van der Waals surface area contributed by atoms with Gasteiger partial charge in [-0.1, -0.05) is 12.2 Å². The Morgan fingerprint density at radius 2 is 2.00 bits per heavy atom. The van der Waals surface area contributed by atoms with Crippen LogP contribution in [0.25, 0.3) is 0 Å². The lowest BCUT2D eigenvalue weighted by molar-refractivity contribution is -0.141. The Morgan fingerprint density at radius 1 is 1.38 bits per heavy atom. The molecule has 1 heterocycles. The second-order valence-electron chi connectivity index (χ2n) is 5.00. The molecule has 0 unspecified atom stereocenters. The number of halogens is 3. The Labute approximate surface area is 126 Å². The summed E-state index contributed by atoms with van der Waals surface area (Å²) in [6, 6.07) is 2.07. The van der Waals surface area contributed by atoms with Gasteiger partial charge in [-0.15, -0.1) is 0 Å². The molecule has 0 fully saturated rings. The van der Waals surface area contributed by atoms with E-state index in [1.807, 2.05) is 20.8 Å². The van der Waals surface area contributed by atoms with E-state index in [2.05, 4.69) is 10.3 Å². The van der Waals surface area contributed by atoms with Crippen molar-refractivity contribution in [2.45, 2.75) is 32.5 Å². The predicted molar refractivity (Wildman–Crippen MR) is 79.3 cm³/mol. The summed E-state index contributed by atoms with van der Waals surface area (Å²) in [6.45, 7) is 6.23. The van der Waals surface area contributed by atoms with Gasteiger partial charge in [-0.3, -0.25) is 0 Å². The van der Waals surface area contributed by atoms with E-state index in [-0.39, 0.29) is 22.9 Å². The SMILES string of the molecule is CCOC(C)(C)CNc1nc(C(F)(F)F)ccc1C(N)=S. The standard InChI is InChI=1S/C13H18F3N3OS/c1-4-20-12(2,3)7-18-11-8(10(17)21)5-6-9(19-11)13(14,15)16/h5-6H,4,7H2,1-3H3,(H2,17,21)(H,18,19). The maximum Gasteiger partial charge on any atom is 0.433 e. The molecule has 0 radical (unpaired) electrons. The average molecular weight is 321 g/mol. The summed E-state index contributed by atoms with van der Waals surface area (Å²) in [7, 11) is 0. The van der Waals surface area contributed by atoms with Crippen molar-refractivity contribution >= 4 is 23.0 Å². The highest BCUT2D eigenvalue weighted by molar-refractivity contribution is 7.80. The first-order valence-corrected chi connectivity index (χ1v) is 6.73. The van der Waals surface area contributed by atoms with Crippen LogP contribution < -0.4 is 11.1 Å². The molecule has 0 saturated carbocycles. The molecule has 0 amide bonds. The number of nitrogens with two attached hydrogens (primary N) is 1. The highest BCUT2D eigenvalue weighted by Crippen LogP contribution is 2.29. The molecule has 1 aromatic heterocycles. The monoisotopic (exact) mass is 321 g/mol. The number of rotatable bonds is 6. The number of nitrogens with zero attached hydrogens (tertiary/aromatic N) is 1. The van der Waals surface area contributed by atoms with Crippen molar-refractivity contribution in [2.75, 3.05) is 18.5 Å². The molecule has 1 aromatic rings. The van der Waals surface area contributed by atoms with Gasteiger partial charge in [-0.05, 0) is 32.9 Å². The van der Waals surface area contributed by atoms with E-state index >= 15 is 0 Å². The number of hydrogen-bond acceptors (Lipinski definition) is 4. The Morgan fingerprint density at radius 3 is 2.48 bits per heavy atom. The van der Waals surface area contributed by atoms with Gasteiger partial charge >= 0.3 is 6.18 Å². The largest absolute Gasteiger partial charge is 0.433 e. The van der Waals surface area contributed by atoms with Crippen molar-refractivity contribution in [3.8, 4) is 0 Å². The summed E-state index contributed by atoms with van der Waals surface area (Å²) in [4.78, 5) is 3.55. The van der Waals surface area contributed by atoms with E-state index in [0.29, 0.717) is 6.61 Å². The lowest BCUT2D eigenvalue weighted by Gasteiger charge is -2.26. The van der Waals surface area contributed by atoms with Crippen LogP contribution in [0.2, 0.25) is 0 Å². The minimum atomic E-state index is -4.53. The van der Waals surface area contributed by atoms with Crippen LogP contribution in [0.3, 0.4) is 0 Å². The van der Waals surface area contributed by atoms with E-state index in [1.165, 1.54) is 6.07 Å². The normalized spacial score (nSPS) is 12.3. The molecule has 4 nitrogen and oxygen atoms in total. The van der Waals surface area contributed by atoms with E-state index in [4.69, 9.17) is 22.7 Å². The van der Waals surface area contributed by atoms with Gasteiger partial charge in [0.15, 0.2) is 0 Å². The summed E-state index contributed by atoms with van der Waals surface area (Å²) < 4.78 is 43.6. The molecule has 0 bridgehead atoms. The van der Waals surface area contributed by atoms with E-state index in [9.17, 15) is 13.2 Å². The minimum absolute atomic E-state index is 0.00473. The molecule has 0 spiro atoms. The van der Waals surface area contributed by atoms with E-state index in [1.54, 1.807) is 0 Å². The van der Waals surface area contributed by atoms with Gasteiger partial charge in [-0.2, -0.15) is 13.2 Å². The van der Waals surface area contributed by atoms with Crippen LogP contribution in [-0.2, 0) is 10.9 Å². The highest BCUT2D eigenvalue weighted by Gasteiger charge is 2.33. The maximum absolute atomic E-state index is 12.7. The zero-order valence-electron chi connectivity index (χ0n) is 12.0. The van der Waals surface area contributed by atoms with Gasteiger partial charge < -0.3 is 15.8 Å². The number of aromatic nitrogens is 1. The molecule has 0 aliphatic heterocycles. The van der Waals surface area contributed by atoms with Crippen molar-refractivity contribution in [3.05, 3.63) is 23.4 Å². The minimum Gasteiger partial charge on any atom is -0.389 e. The number of ether oxygens (including phenoxy) is 1. The molecule has 3 N–H and O–H groups in total. The lowest BCUT2D eigenvalue weighted by atomic mass is 10.1. The van der Waals surface area contributed by atoms with Crippen molar-refractivity contribution in [1.29, 1.82) is 0 Å². The van der Waals surface area contributed by atoms with Gasteiger partial charge in [0.2, 0.25) is 0 Å². The second kappa shape index (κ2) is 6.57. The summed E-state index contributed by atoms with van der Waals surface area (Å²) in [6.07, 6.45) is -4.53. The number of hydrogen-bond donors (Lipinski definition) is 2. The molecule has 21 heavy (non-hydrogen) atoms. The van der Waals surface area contributed by atoms with Crippen molar-refractivity contribution in [3.63, 3.8) is 0 Å². The smallest absolute Gasteiger partial charge is 0.389 e. The zero-order chi connectivity index (χ0) is 16.3. The predicted octanol–water partition coefficient (Wildman–Crippen LogP) is 2.96. The van der Waals surface area contributed by atoms with Gasteiger partial charge in [0.05, 0.1) is 11.2 Å². The van der Waals surface area contributed by atoms with Gasteiger partial charge in [0, 0.05) is 13.2 Å². The summed E-state index contributed by atoms with van der Waals surface area (Å²) in [5.74, 6) is 0.00473. The number of anilines is 1. The zero-order valence-corrected chi connectivity index (χ0v) is 12.9. The van der Waals surface area contributed by atoms with E-state index < -0.39 is 17.5 Å². The van der Waals surface area contributed by atoms with Gasteiger partial charge in [0.1, 0.15) is 16.5 Å². The molecule has 8 heteroatoms. The third kappa shape index (κ3) is 5.13. The molecule has 0 aliphatic rings. The fraction of sp³-hybridized carbons (Fsp3) is 0.538. The number of pyridine rings is 1. The van der Waals surface area contributed by atoms with Crippen LogP contribution in [0.5, 0.6) is 0 Å². The molecule has 118 valence electrons. The fourth-order valence-electron chi connectivity index (χ4n) is 1.69. The molecule has 0 aliphatic carbocycles. The number of alkyl halides is 3. The summed E-state index contributed by atoms with van der Waals surface area (Å²) in [5, 5.41) is 2.83. The van der Waals surface area contributed by atoms with Gasteiger partial charge in [0.25, 0.3) is 0 Å². The molecule has 1 rings (SSSR count). The first-order valence-electron chi connectivity index (χ1n) is 6.32. The summed E-state index contributed by atoms with van der Waals surface area (Å²) in [5.41, 5.74) is 4.22. The first kappa shape index (κ1) is 17.6. The first-order chi connectivity index (χ1) is 9.57. The van der Waals surface area contributed by atoms with Crippen molar-refractivity contribution in [2.24, 2.45) is 5.73 Å². The van der Waals surface area contributed by atoms with Gasteiger partial charge in [-0.25, -0.2) is 4.98 Å². The molecule has 0 atom stereocenters.